The normalized spacial score (nSPS) is 25.4. The molecule has 3 aliphatic rings. The monoisotopic (exact) mass is 392 g/mol. The molecule has 5 nitrogen and oxygen atoms in total. The fraction of sp³-hybridized carbons (Fsp3) is 0.458. The Bertz CT molecular complexity index is 890. The molecule has 1 saturated carbocycles. The van der Waals surface area contributed by atoms with Gasteiger partial charge in [0.05, 0.1) is 19.3 Å². The first-order valence-corrected chi connectivity index (χ1v) is 10.5. The molecule has 29 heavy (non-hydrogen) atoms. The van der Waals surface area contributed by atoms with Gasteiger partial charge in [-0.1, -0.05) is 42.5 Å². The Hall–Kier alpha value is -2.37. The van der Waals surface area contributed by atoms with Crippen LogP contribution >= 0.6 is 0 Å². The fourth-order valence-corrected chi connectivity index (χ4v) is 5.34. The van der Waals surface area contributed by atoms with Gasteiger partial charge in [-0.05, 0) is 36.1 Å². The first kappa shape index (κ1) is 18.6. The summed E-state index contributed by atoms with van der Waals surface area (Å²) in [5.74, 6) is 1.65. The predicted molar refractivity (Wildman–Crippen MR) is 111 cm³/mol. The van der Waals surface area contributed by atoms with E-state index in [0.717, 1.165) is 38.2 Å². The van der Waals surface area contributed by atoms with Crippen molar-refractivity contribution in [3.05, 3.63) is 65.7 Å². The molecule has 0 aromatic heterocycles. The zero-order valence-electron chi connectivity index (χ0n) is 16.8. The quantitative estimate of drug-likeness (QED) is 0.821. The lowest BCUT2D eigenvalue weighted by Crippen LogP contribution is -2.84. The van der Waals surface area contributed by atoms with Crippen LogP contribution in [0.2, 0.25) is 0 Å². The van der Waals surface area contributed by atoms with Crippen LogP contribution < -0.4 is 4.74 Å². The zero-order chi connectivity index (χ0) is 20.0. The van der Waals surface area contributed by atoms with E-state index in [4.69, 9.17) is 4.74 Å². The number of methoxy groups -OCH3 is 1. The van der Waals surface area contributed by atoms with Crippen LogP contribution in [-0.4, -0.2) is 59.2 Å². The van der Waals surface area contributed by atoms with Crippen molar-refractivity contribution in [2.45, 2.75) is 36.9 Å². The van der Waals surface area contributed by atoms with Crippen molar-refractivity contribution in [2.24, 2.45) is 5.92 Å². The van der Waals surface area contributed by atoms with E-state index in [-0.39, 0.29) is 30.0 Å². The SMILES string of the molecule is COc1cccc(CN2[C@H](CO)[C@H](c3ccccc3)C23CN(C(=O)C2CC2)C3)c1. The molecule has 2 heterocycles. The lowest BCUT2D eigenvalue weighted by Gasteiger charge is -2.71. The third-order valence-corrected chi connectivity index (χ3v) is 6.94. The van der Waals surface area contributed by atoms with Gasteiger partial charge in [0.25, 0.3) is 0 Å². The van der Waals surface area contributed by atoms with Crippen LogP contribution in [0, 0.1) is 5.92 Å². The number of likely N-dealkylation sites (tertiary alicyclic amines) is 2. The average molecular weight is 392 g/mol. The molecule has 1 amide bonds. The van der Waals surface area contributed by atoms with Gasteiger partial charge in [0, 0.05) is 37.5 Å². The summed E-state index contributed by atoms with van der Waals surface area (Å²) in [7, 11) is 1.68. The number of nitrogens with zero attached hydrogens (tertiary/aromatic N) is 2. The summed E-state index contributed by atoms with van der Waals surface area (Å²) < 4.78 is 5.38. The standard InChI is InChI=1S/C24H28N2O3/c1-29-20-9-5-6-17(12-20)13-26-21(14-27)22(18-7-3-2-4-8-18)24(26)15-25(16-24)23(28)19-10-11-19/h2-9,12,19,21-22,27H,10-11,13-16H2,1H3/t21-,22+/m1/s1. The molecule has 2 aromatic carbocycles. The highest BCUT2D eigenvalue weighted by atomic mass is 16.5. The number of carbonyl (C=O) groups excluding carboxylic acids is 1. The predicted octanol–water partition coefficient (Wildman–Crippen LogP) is 2.65. The van der Waals surface area contributed by atoms with Crippen molar-refractivity contribution in [1.82, 2.24) is 9.80 Å². The first-order chi connectivity index (χ1) is 14.2. The summed E-state index contributed by atoms with van der Waals surface area (Å²) in [6.45, 7) is 2.36. The first-order valence-electron chi connectivity index (χ1n) is 10.5. The molecule has 0 radical (unpaired) electrons. The summed E-state index contributed by atoms with van der Waals surface area (Å²) in [6.07, 6.45) is 2.08. The van der Waals surface area contributed by atoms with Crippen molar-refractivity contribution < 1.29 is 14.6 Å². The summed E-state index contributed by atoms with van der Waals surface area (Å²) in [4.78, 5) is 17.0. The zero-order valence-corrected chi connectivity index (χ0v) is 16.8. The van der Waals surface area contributed by atoms with Crippen LogP contribution in [0.5, 0.6) is 5.75 Å². The number of carbonyl (C=O) groups is 1. The molecular weight excluding hydrogens is 364 g/mol. The minimum atomic E-state index is -0.0949. The lowest BCUT2D eigenvalue weighted by atomic mass is 9.60. The van der Waals surface area contributed by atoms with Crippen LogP contribution in [-0.2, 0) is 11.3 Å². The van der Waals surface area contributed by atoms with Gasteiger partial charge in [-0.25, -0.2) is 0 Å². The van der Waals surface area contributed by atoms with E-state index < -0.39 is 0 Å². The van der Waals surface area contributed by atoms with Crippen molar-refractivity contribution in [3.63, 3.8) is 0 Å². The van der Waals surface area contributed by atoms with E-state index >= 15 is 0 Å². The molecular formula is C24H28N2O3. The van der Waals surface area contributed by atoms with Crippen LogP contribution in [0.1, 0.15) is 29.9 Å². The maximum Gasteiger partial charge on any atom is 0.225 e. The number of ether oxygens (including phenoxy) is 1. The Morgan fingerprint density at radius 2 is 1.90 bits per heavy atom. The molecule has 5 rings (SSSR count). The van der Waals surface area contributed by atoms with Crippen molar-refractivity contribution in [2.75, 3.05) is 26.8 Å². The highest BCUT2D eigenvalue weighted by molar-refractivity contribution is 5.82. The Balaban J connectivity index is 1.43. The van der Waals surface area contributed by atoms with E-state index in [2.05, 4.69) is 41.3 Å². The fourth-order valence-electron chi connectivity index (χ4n) is 5.34. The molecule has 3 fully saturated rings. The van der Waals surface area contributed by atoms with E-state index in [0.29, 0.717) is 5.91 Å². The number of amides is 1. The molecule has 1 spiro atoms. The molecule has 1 aliphatic carbocycles. The van der Waals surface area contributed by atoms with Crippen molar-refractivity contribution >= 4 is 5.91 Å². The van der Waals surface area contributed by atoms with Gasteiger partial charge < -0.3 is 14.7 Å². The summed E-state index contributed by atoms with van der Waals surface area (Å²) in [5.41, 5.74) is 2.33. The molecule has 0 unspecified atom stereocenters. The Morgan fingerprint density at radius 1 is 1.14 bits per heavy atom. The van der Waals surface area contributed by atoms with Gasteiger partial charge in [0.1, 0.15) is 5.75 Å². The molecule has 5 heteroatoms. The number of benzene rings is 2. The van der Waals surface area contributed by atoms with E-state index in [9.17, 15) is 9.90 Å². The highest BCUT2D eigenvalue weighted by Crippen LogP contribution is 2.55. The number of aliphatic hydroxyl groups is 1. The van der Waals surface area contributed by atoms with Crippen molar-refractivity contribution in [1.29, 1.82) is 0 Å². The van der Waals surface area contributed by atoms with Crippen LogP contribution in [0.4, 0.5) is 0 Å². The van der Waals surface area contributed by atoms with Gasteiger partial charge in [-0.2, -0.15) is 0 Å². The molecule has 2 aliphatic heterocycles. The van der Waals surface area contributed by atoms with Gasteiger partial charge in [0.2, 0.25) is 5.91 Å². The summed E-state index contributed by atoms with van der Waals surface area (Å²) in [6, 6.07) is 18.6. The minimum Gasteiger partial charge on any atom is -0.497 e. The smallest absolute Gasteiger partial charge is 0.225 e. The van der Waals surface area contributed by atoms with E-state index in [1.807, 2.05) is 23.1 Å². The van der Waals surface area contributed by atoms with E-state index in [1.54, 1.807) is 7.11 Å². The number of hydrogen-bond acceptors (Lipinski definition) is 4. The Labute approximate surface area is 171 Å². The van der Waals surface area contributed by atoms with Gasteiger partial charge in [0.15, 0.2) is 0 Å². The second-order valence-electron chi connectivity index (χ2n) is 8.69. The third kappa shape index (κ3) is 3.04. The Morgan fingerprint density at radius 3 is 2.55 bits per heavy atom. The molecule has 152 valence electrons. The maximum atomic E-state index is 12.6. The third-order valence-electron chi connectivity index (χ3n) is 6.94. The topological polar surface area (TPSA) is 53.0 Å². The summed E-state index contributed by atoms with van der Waals surface area (Å²) >= 11 is 0. The van der Waals surface area contributed by atoms with Gasteiger partial charge in [-0.15, -0.1) is 0 Å². The largest absolute Gasteiger partial charge is 0.497 e. The van der Waals surface area contributed by atoms with Crippen LogP contribution in [0.3, 0.4) is 0 Å². The van der Waals surface area contributed by atoms with Crippen molar-refractivity contribution in [3.8, 4) is 5.75 Å². The lowest BCUT2D eigenvalue weighted by molar-refractivity contribution is -0.200. The second-order valence-corrected chi connectivity index (χ2v) is 8.69. The number of aliphatic hydroxyl groups excluding tert-OH is 1. The molecule has 0 bridgehead atoms. The average Bonchev–Trinajstić information content (AvgIpc) is 3.56. The van der Waals surface area contributed by atoms with Gasteiger partial charge in [-0.3, -0.25) is 9.69 Å². The number of rotatable bonds is 6. The molecule has 2 saturated heterocycles. The maximum absolute atomic E-state index is 12.6. The molecule has 2 atom stereocenters. The second kappa shape index (κ2) is 7.15. The van der Waals surface area contributed by atoms with Crippen LogP contribution in [0.25, 0.3) is 0 Å². The summed E-state index contributed by atoms with van der Waals surface area (Å²) in [5, 5.41) is 10.2. The van der Waals surface area contributed by atoms with Gasteiger partial charge >= 0.3 is 0 Å². The highest BCUT2D eigenvalue weighted by Gasteiger charge is 2.66. The van der Waals surface area contributed by atoms with Crippen LogP contribution in [0.15, 0.2) is 54.6 Å². The number of hydrogen-bond donors (Lipinski definition) is 1. The van der Waals surface area contributed by atoms with E-state index in [1.165, 1.54) is 11.1 Å². The molecule has 2 aromatic rings. The minimum absolute atomic E-state index is 0.0572. The molecule has 1 N–H and O–H groups in total. The Kier molecular flexibility index (Phi) is 4.60.